The highest BCUT2D eigenvalue weighted by molar-refractivity contribution is 5.94. The number of nitrogens with one attached hydrogen (secondary N) is 1. The molecule has 0 radical (unpaired) electrons. The molecule has 1 atom stereocenters. The van der Waals surface area contributed by atoms with Crippen LogP contribution < -0.4 is 0 Å². The van der Waals surface area contributed by atoms with Gasteiger partial charge in [0.1, 0.15) is 0 Å². The summed E-state index contributed by atoms with van der Waals surface area (Å²) in [5.41, 5.74) is 6.21. The zero-order valence-electron chi connectivity index (χ0n) is 16.1. The van der Waals surface area contributed by atoms with Crippen molar-refractivity contribution in [1.82, 2.24) is 24.9 Å². The number of aromatic nitrogens is 4. The summed E-state index contributed by atoms with van der Waals surface area (Å²) in [5.74, 6) is 0.472. The van der Waals surface area contributed by atoms with E-state index in [2.05, 4.69) is 35.2 Å². The van der Waals surface area contributed by atoms with Crippen molar-refractivity contribution in [1.29, 1.82) is 0 Å². The summed E-state index contributed by atoms with van der Waals surface area (Å²) >= 11 is 0. The predicted molar refractivity (Wildman–Crippen MR) is 103 cm³/mol. The average Bonchev–Trinajstić information content (AvgIpc) is 3.15. The van der Waals surface area contributed by atoms with E-state index in [1.54, 1.807) is 0 Å². The van der Waals surface area contributed by atoms with Gasteiger partial charge in [-0.2, -0.15) is 10.2 Å². The first-order chi connectivity index (χ1) is 13.0. The molecule has 0 aliphatic carbocycles. The topological polar surface area (TPSA) is 66.8 Å². The van der Waals surface area contributed by atoms with Gasteiger partial charge in [-0.1, -0.05) is 19.1 Å². The van der Waals surface area contributed by atoms with Crippen LogP contribution in [0.1, 0.15) is 45.5 Å². The number of benzene rings is 1. The Morgan fingerprint density at radius 1 is 1.30 bits per heavy atom. The van der Waals surface area contributed by atoms with Crippen molar-refractivity contribution in [3.05, 3.63) is 70.3 Å². The average molecular weight is 363 g/mol. The van der Waals surface area contributed by atoms with Crippen LogP contribution in [0, 0.1) is 19.8 Å². The number of fused-ring (bicyclic) bond motifs is 1. The lowest BCUT2D eigenvalue weighted by molar-refractivity contribution is 0.0725. The molecular weight excluding hydrogens is 338 g/mol. The van der Waals surface area contributed by atoms with Crippen LogP contribution in [0.4, 0.5) is 0 Å². The van der Waals surface area contributed by atoms with Crippen LogP contribution in [0.3, 0.4) is 0 Å². The van der Waals surface area contributed by atoms with Crippen LogP contribution in [0.5, 0.6) is 0 Å². The Hall–Kier alpha value is -2.89. The van der Waals surface area contributed by atoms with Crippen LogP contribution >= 0.6 is 0 Å². The number of nitrogens with zero attached hydrogens (tertiary/aromatic N) is 4. The summed E-state index contributed by atoms with van der Waals surface area (Å²) in [7, 11) is 0. The van der Waals surface area contributed by atoms with Gasteiger partial charge in [-0.15, -0.1) is 0 Å². The number of amides is 1. The fourth-order valence-corrected chi connectivity index (χ4v) is 3.86. The summed E-state index contributed by atoms with van der Waals surface area (Å²) < 4.78 is 1.98. The second-order valence-electron chi connectivity index (χ2n) is 7.65. The summed E-state index contributed by atoms with van der Waals surface area (Å²) in [5, 5.41) is 11.7. The van der Waals surface area contributed by atoms with Gasteiger partial charge in [-0.25, -0.2) is 0 Å². The van der Waals surface area contributed by atoms with E-state index in [1.807, 2.05) is 47.0 Å². The molecule has 1 aromatic carbocycles. The summed E-state index contributed by atoms with van der Waals surface area (Å²) in [6.45, 7) is 8.25. The lowest BCUT2D eigenvalue weighted by atomic mass is 10.1. The lowest BCUT2D eigenvalue weighted by Gasteiger charge is -2.23. The summed E-state index contributed by atoms with van der Waals surface area (Å²) in [6.07, 6.45) is 2.77. The molecule has 140 valence electrons. The van der Waals surface area contributed by atoms with Crippen LogP contribution in [0.2, 0.25) is 0 Å². The van der Waals surface area contributed by atoms with Crippen LogP contribution in [-0.4, -0.2) is 37.3 Å². The molecule has 0 saturated heterocycles. The summed E-state index contributed by atoms with van der Waals surface area (Å²) in [4.78, 5) is 15.1. The Kier molecular flexibility index (Phi) is 4.56. The fourth-order valence-electron chi connectivity index (χ4n) is 3.86. The summed E-state index contributed by atoms with van der Waals surface area (Å²) in [6, 6.07) is 9.96. The van der Waals surface area contributed by atoms with Crippen molar-refractivity contribution >= 4 is 5.91 Å². The number of carbonyl (C=O) groups is 1. The van der Waals surface area contributed by atoms with E-state index in [1.165, 1.54) is 0 Å². The molecule has 0 spiro atoms. The Balaban J connectivity index is 1.56. The second kappa shape index (κ2) is 7.02. The molecule has 1 aliphatic heterocycles. The Labute approximate surface area is 159 Å². The van der Waals surface area contributed by atoms with Gasteiger partial charge in [0.05, 0.1) is 18.4 Å². The van der Waals surface area contributed by atoms with Gasteiger partial charge in [-0.3, -0.25) is 14.6 Å². The first-order valence-electron chi connectivity index (χ1n) is 9.40. The molecule has 1 amide bonds. The molecule has 1 N–H and O–H groups in total. The molecule has 0 fully saturated rings. The number of carbonyl (C=O) groups excluding carboxylic acids is 1. The van der Waals surface area contributed by atoms with E-state index in [-0.39, 0.29) is 5.91 Å². The van der Waals surface area contributed by atoms with Crippen molar-refractivity contribution in [2.45, 2.75) is 40.3 Å². The molecule has 3 heterocycles. The number of hydrogen-bond acceptors (Lipinski definition) is 3. The Bertz CT molecular complexity index is 971. The van der Waals surface area contributed by atoms with Crippen LogP contribution in [0.25, 0.3) is 0 Å². The van der Waals surface area contributed by atoms with Gasteiger partial charge in [0.2, 0.25) is 0 Å². The molecule has 2 aromatic heterocycles. The minimum Gasteiger partial charge on any atom is -0.334 e. The predicted octanol–water partition coefficient (Wildman–Crippen LogP) is 3.11. The minimum atomic E-state index is 0.0751. The van der Waals surface area contributed by atoms with Gasteiger partial charge in [-0.05, 0) is 49.9 Å². The first-order valence-corrected chi connectivity index (χ1v) is 9.40. The highest BCUT2D eigenvalue weighted by Crippen LogP contribution is 2.22. The van der Waals surface area contributed by atoms with E-state index in [9.17, 15) is 4.79 Å². The Morgan fingerprint density at radius 3 is 2.93 bits per heavy atom. The second-order valence-corrected chi connectivity index (χ2v) is 7.65. The zero-order valence-corrected chi connectivity index (χ0v) is 16.1. The van der Waals surface area contributed by atoms with Crippen molar-refractivity contribution in [2.75, 3.05) is 6.54 Å². The number of rotatable bonds is 3. The molecule has 27 heavy (non-hydrogen) atoms. The molecule has 4 rings (SSSR count). The highest BCUT2D eigenvalue weighted by atomic mass is 16.2. The third kappa shape index (κ3) is 3.65. The van der Waals surface area contributed by atoms with E-state index < -0.39 is 0 Å². The van der Waals surface area contributed by atoms with E-state index in [4.69, 9.17) is 0 Å². The van der Waals surface area contributed by atoms with Gasteiger partial charge < -0.3 is 4.90 Å². The molecular formula is C21H25N5O. The van der Waals surface area contributed by atoms with Crippen molar-refractivity contribution < 1.29 is 4.79 Å². The maximum Gasteiger partial charge on any atom is 0.254 e. The zero-order chi connectivity index (χ0) is 19.0. The van der Waals surface area contributed by atoms with E-state index in [0.29, 0.717) is 19.0 Å². The highest BCUT2D eigenvalue weighted by Gasteiger charge is 2.25. The molecule has 1 aliphatic rings. The van der Waals surface area contributed by atoms with Gasteiger partial charge in [0.25, 0.3) is 5.91 Å². The van der Waals surface area contributed by atoms with Crippen LogP contribution in [0.15, 0.2) is 36.5 Å². The molecule has 3 aromatic rings. The smallest absolute Gasteiger partial charge is 0.254 e. The number of H-pyrrole nitrogens is 1. The maximum atomic E-state index is 13.2. The van der Waals surface area contributed by atoms with Crippen molar-refractivity contribution in [3.63, 3.8) is 0 Å². The molecule has 1 unspecified atom stereocenters. The molecule has 0 saturated carbocycles. The number of aromatic amines is 1. The van der Waals surface area contributed by atoms with Crippen LogP contribution in [-0.2, 0) is 19.5 Å². The number of aryl methyl sites for hydroxylation is 2. The minimum absolute atomic E-state index is 0.0751. The fraction of sp³-hybridized carbons (Fsp3) is 0.381. The first kappa shape index (κ1) is 17.5. The van der Waals surface area contributed by atoms with Gasteiger partial charge >= 0.3 is 0 Å². The van der Waals surface area contributed by atoms with E-state index in [0.717, 1.165) is 46.7 Å². The lowest BCUT2D eigenvalue weighted by Crippen LogP contribution is -2.33. The SMILES string of the molecule is Cc1cc(C)n(Cc2cccc(C(=O)N3Cc4cn[nH]c4CC(C)C3)c2)n1. The molecule has 6 heteroatoms. The third-order valence-electron chi connectivity index (χ3n) is 5.15. The quantitative estimate of drug-likeness (QED) is 0.777. The van der Waals surface area contributed by atoms with E-state index >= 15 is 0 Å². The largest absolute Gasteiger partial charge is 0.334 e. The van der Waals surface area contributed by atoms with Crippen molar-refractivity contribution in [3.8, 4) is 0 Å². The third-order valence-corrected chi connectivity index (χ3v) is 5.15. The van der Waals surface area contributed by atoms with Gasteiger partial charge in [0.15, 0.2) is 0 Å². The number of hydrogen-bond donors (Lipinski definition) is 1. The normalized spacial score (nSPS) is 16.9. The molecule has 6 nitrogen and oxygen atoms in total. The Morgan fingerprint density at radius 2 is 2.15 bits per heavy atom. The van der Waals surface area contributed by atoms with Gasteiger partial charge in [0, 0.05) is 35.6 Å². The van der Waals surface area contributed by atoms with Crippen molar-refractivity contribution in [2.24, 2.45) is 5.92 Å². The maximum absolute atomic E-state index is 13.2. The monoisotopic (exact) mass is 363 g/mol. The standard InChI is InChI=1S/C21H25N5O/c1-14-7-20-19(10-22-23-20)13-25(11-14)21(27)18-6-4-5-17(9-18)12-26-16(3)8-15(2)24-26/h4-6,8-10,14H,7,11-13H2,1-3H3,(H,22,23). The molecule has 0 bridgehead atoms.